The number of fused-ring (bicyclic) bond motifs is 1. The molecule has 2 aromatic heterocycles. The molecular formula is C14H20N6O. The monoisotopic (exact) mass is 288 g/mol. The van der Waals surface area contributed by atoms with Crippen LogP contribution in [0.2, 0.25) is 0 Å². The number of hydrogen-bond donors (Lipinski definition) is 0. The number of aryl methyl sites for hydroxylation is 2. The first-order valence-electron chi connectivity index (χ1n) is 6.74. The highest BCUT2D eigenvalue weighted by Gasteiger charge is 2.01. The average molecular weight is 288 g/mol. The Balaban J connectivity index is 0.000000154. The maximum Gasteiger partial charge on any atom is 0.223 e. The Morgan fingerprint density at radius 3 is 2.62 bits per heavy atom. The molecule has 112 valence electrons. The number of aromatic nitrogens is 5. The van der Waals surface area contributed by atoms with Gasteiger partial charge in [-0.2, -0.15) is 4.98 Å². The van der Waals surface area contributed by atoms with E-state index in [1.807, 2.05) is 45.4 Å². The third-order valence-corrected chi connectivity index (χ3v) is 2.87. The Morgan fingerprint density at radius 1 is 1.24 bits per heavy atom. The smallest absolute Gasteiger partial charge is 0.223 e. The van der Waals surface area contributed by atoms with Crippen molar-refractivity contribution in [1.82, 2.24) is 30.0 Å². The molecule has 1 aromatic carbocycles. The summed E-state index contributed by atoms with van der Waals surface area (Å²) in [5.74, 6) is 1.43. The van der Waals surface area contributed by atoms with Crippen molar-refractivity contribution in [1.29, 1.82) is 0 Å². The zero-order valence-corrected chi connectivity index (χ0v) is 12.8. The molecule has 0 fully saturated rings. The molecule has 0 unspecified atom stereocenters. The SMILES string of the molecule is Cc1nc(CCN(C)C)no1.Cn1nnc2ccccc21. The lowest BCUT2D eigenvalue weighted by atomic mass is 10.3. The summed E-state index contributed by atoms with van der Waals surface area (Å²) in [7, 11) is 5.93. The lowest BCUT2D eigenvalue weighted by Gasteiger charge is -2.05. The van der Waals surface area contributed by atoms with Crippen LogP contribution in [-0.2, 0) is 13.5 Å². The lowest BCUT2D eigenvalue weighted by molar-refractivity contribution is 0.376. The van der Waals surface area contributed by atoms with Crippen LogP contribution in [0.4, 0.5) is 0 Å². The van der Waals surface area contributed by atoms with E-state index in [9.17, 15) is 0 Å². The summed E-state index contributed by atoms with van der Waals surface area (Å²) in [6.07, 6.45) is 0.852. The zero-order chi connectivity index (χ0) is 15.2. The van der Waals surface area contributed by atoms with Crippen LogP contribution in [0.1, 0.15) is 11.7 Å². The Kier molecular flexibility index (Phi) is 4.99. The number of likely N-dealkylation sites (N-methyl/N-ethyl adjacent to an activating group) is 1. The summed E-state index contributed by atoms with van der Waals surface area (Å²) in [5, 5.41) is 11.6. The summed E-state index contributed by atoms with van der Waals surface area (Å²) in [5.41, 5.74) is 2.02. The minimum absolute atomic E-state index is 0.638. The van der Waals surface area contributed by atoms with Crippen molar-refractivity contribution < 1.29 is 4.52 Å². The number of hydrogen-bond acceptors (Lipinski definition) is 6. The third kappa shape index (κ3) is 4.35. The number of rotatable bonds is 3. The van der Waals surface area contributed by atoms with Crippen molar-refractivity contribution >= 4 is 11.0 Å². The molecule has 0 radical (unpaired) electrons. The Morgan fingerprint density at radius 2 is 2.00 bits per heavy atom. The van der Waals surface area contributed by atoms with Gasteiger partial charge in [0.15, 0.2) is 5.82 Å². The second kappa shape index (κ2) is 6.94. The Labute approximate surface area is 123 Å². The number of para-hydroxylation sites is 1. The van der Waals surface area contributed by atoms with Gasteiger partial charge in [-0.25, -0.2) is 4.68 Å². The van der Waals surface area contributed by atoms with Gasteiger partial charge >= 0.3 is 0 Å². The van der Waals surface area contributed by atoms with Crippen LogP contribution in [-0.4, -0.2) is 50.7 Å². The second-order valence-corrected chi connectivity index (χ2v) is 4.98. The fourth-order valence-electron chi connectivity index (χ4n) is 1.75. The van der Waals surface area contributed by atoms with Crippen molar-refractivity contribution in [2.24, 2.45) is 7.05 Å². The average Bonchev–Trinajstić information content (AvgIpc) is 3.05. The zero-order valence-electron chi connectivity index (χ0n) is 12.8. The molecule has 2 heterocycles. The third-order valence-electron chi connectivity index (χ3n) is 2.87. The minimum Gasteiger partial charge on any atom is -0.340 e. The standard InChI is InChI=1S/C7H13N3O.C7H7N3/c1-6-8-7(9-11-6)4-5-10(2)3;1-10-7-5-3-2-4-6(7)8-9-10/h4-5H2,1-3H3;2-5H,1H3. The van der Waals surface area contributed by atoms with E-state index in [0.29, 0.717) is 5.89 Å². The van der Waals surface area contributed by atoms with Crippen LogP contribution in [0.25, 0.3) is 11.0 Å². The summed E-state index contributed by atoms with van der Waals surface area (Å²) in [6, 6.07) is 7.88. The van der Waals surface area contributed by atoms with E-state index in [4.69, 9.17) is 4.52 Å². The van der Waals surface area contributed by atoms with Crippen molar-refractivity contribution in [2.45, 2.75) is 13.3 Å². The number of benzene rings is 1. The molecule has 3 rings (SSSR count). The highest BCUT2D eigenvalue weighted by atomic mass is 16.5. The number of nitrogens with zero attached hydrogens (tertiary/aromatic N) is 6. The van der Waals surface area contributed by atoms with E-state index in [0.717, 1.165) is 29.8 Å². The van der Waals surface area contributed by atoms with Gasteiger partial charge in [0, 0.05) is 26.9 Å². The molecule has 0 aliphatic heterocycles. The highest BCUT2D eigenvalue weighted by Crippen LogP contribution is 2.06. The highest BCUT2D eigenvalue weighted by molar-refractivity contribution is 5.73. The summed E-state index contributed by atoms with van der Waals surface area (Å²) >= 11 is 0. The minimum atomic E-state index is 0.638. The molecule has 0 aliphatic rings. The van der Waals surface area contributed by atoms with Crippen LogP contribution in [0.3, 0.4) is 0 Å². The van der Waals surface area contributed by atoms with Gasteiger partial charge in [-0.15, -0.1) is 5.10 Å². The first-order valence-corrected chi connectivity index (χ1v) is 6.74. The van der Waals surface area contributed by atoms with Crippen molar-refractivity contribution in [3.05, 3.63) is 36.0 Å². The Hall–Kier alpha value is -2.28. The van der Waals surface area contributed by atoms with E-state index < -0.39 is 0 Å². The van der Waals surface area contributed by atoms with E-state index in [2.05, 4.69) is 25.4 Å². The lowest BCUT2D eigenvalue weighted by Crippen LogP contribution is -2.15. The molecule has 0 bridgehead atoms. The van der Waals surface area contributed by atoms with E-state index in [1.165, 1.54) is 0 Å². The van der Waals surface area contributed by atoms with Gasteiger partial charge in [0.05, 0.1) is 5.52 Å². The molecule has 7 nitrogen and oxygen atoms in total. The van der Waals surface area contributed by atoms with Crippen molar-refractivity contribution in [2.75, 3.05) is 20.6 Å². The Bertz CT molecular complexity index is 687. The van der Waals surface area contributed by atoms with E-state index >= 15 is 0 Å². The van der Waals surface area contributed by atoms with Gasteiger partial charge in [0.25, 0.3) is 0 Å². The molecule has 0 saturated heterocycles. The van der Waals surface area contributed by atoms with E-state index in [-0.39, 0.29) is 0 Å². The maximum absolute atomic E-state index is 4.82. The quantitative estimate of drug-likeness (QED) is 0.726. The molecule has 0 N–H and O–H groups in total. The summed E-state index contributed by atoms with van der Waals surface area (Å²) < 4.78 is 6.58. The first kappa shape index (κ1) is 15.1. The molecule has 7 heteroatoms. The topological polar surface area (TPSA) is 72.9 Å². The molecule has 0 spiro atoms. The normalized spacial score (nSPS) is 10.7. The van der Waals surface area contributed by atoms with E-state index in [1.54, 1.807) is 11.6 Å². The molecule has 0 saturated carbocycles. The van der Waals surface area contributed by atoms with Gasteiger partial charge in [0.2, 0.25) is 5.89 Å². The van der Waals surface area contributed by atoms with Gasteiger partial charge in [0.1, 0.15) is 5.52 Å². The van der Waals surface area contributed by atoms with Crippen molar-refractivity contribution in [3.8, 4) is 0 Å². The second-order valence-electron chi connectivity index (χ2n) is 4.98. The largest absolute Gasteiger partial charge is 0.340 e. The van der Waals surface area contributed by atoms with Gasteiger partial charge < -0.3 is 9.42 Å². The van der Waals surface area contributed by atoms with Crippen LogP contribution in [0, 0.1) is 6.92 Å². The molecule has 0 aliphatic carbocycles. The van der Waals surface area contributed by atoms with Crippen molar-refractivity contribution in [3.63, 3.8) is 0 Å². The van der Waals surface area contributed by atoms with Crippen LogP contribution < -0.4 is 0 Å². The predicted molar refractivity (Wildman–Crippen MR) is 79.8 cm³/mol. The van der Waals surface area contributed by atoms with Crippen LogP contribution >= 0.6 is 0 Å². The fraction of sp³-hybridized carbons (Fsp3) is 0.429. The molecule has 0 atom stereocenters. The summed E-state index contributed by atoms with van der Waals surface area (Å²) in [4.78, 5) is 6.17. The molecule has 3 aromatic rings. The van der Waals surface area contributed by atoms with Crippen LogP contribution in [0.5, 0.6) is 0 Å². The van der Waals surface area contributed by atoms with Gasteiger partial charge in [-0.05, 0) is 26.2 Å². The van der Waals surface area contributed by atoms with Gasteiger partial charge in [-0.3, -0.25) is 0 Å². The molecule has 0 amide bonds. The maximum atomic E-state index is 4.82. The molecule has 21 heavy (non-hydrogen) atoms. The summed E-state index contributed by atoms with van der Waals surface area (Å²) in [6.45, 7) is 2.76. The fourth-order valence-corrected chi connectivity index (χ4v) is 1.75. The van der Waals surface area contributed by atoms with Crippen LogP contribution in [0.15, 0.2) is 28.8 Å². The first-order chi connectivity index (χ1) is 10.1. The molecular weight excluding hydrogens is 268 g/mol. The predicted octanol–water partition coefficient (Wildman–Crippen LogP) is 1.45. The van der Waals surface area contributed by atoms with Gasteiger partial charge in [-0.1, -0.05) is 22.5 Å².